The highest BCUT2D eigenvalue weighted by atomic mass is 32.2. The number of H-pyrrole nitrogens is 1. The van der Waals surface area contributed by atoms with Crippen molar-refractivity contribution in [2.45, 2.75) is 18.0 Å². The van der Waals surface area contributed by atoms with E-state index in [1.54, 1.807) is 6.92 Å². The third-order valence-electron chi connectivity index (χ3n) is 2.82. The van der Waals surface area contributed by atoms with E-state index in [2.05, 4.69) is 26.5 Å². The Balaban J connectivity index is 2.19. The van der Waals surface area contributed by atoms with Gasteiger partial charge in [0.25, 0.3) is 10.0 Å². The van der Waals surface area contributed by atoms with Crippen LogP contribution in [-0.4, -0.2) is 24.9 Å². The van der Waals surface area contributed by atoms with E-state index in [1.807, 2.05) is 24.3 Å². The molecule has 0 radical (unpaired) electrons. The molecule has 7 heteroatoms. The second kappa shape index (κ2) is 6.54. The topological polar surface area (TPSA) is 101 Å². The molecule has 1 atom stereocenters. The Kier molecular flexibility index (Phi) is 4.75. The molecule has 0 saturated heterocycles. The molecule has 1 unspecified atom stereocenters. The summed E-state index contributed by atoms with van der Waals surface area (Å²) < 4.78 is 26.8. The van der Waals surface area contributed by atoms with Crippen LogP contribution < -0.4 is 10.5 Å². The molecule has 0 aliphatic carbocycles. The highest BCUT2D eigenvalue weighted by Gasteiger charge is 2.19. The van der Waals surface area contributed by atoms with Crippen molar-refractivity contribution in [2.24, 2.45) is 5.73 Å². The highest BCUT2D eigenvalue weighted by Crippen LogP contribution is 2.16. The molecule has 6 nitrogen and oxygen atoms in total. The molecule has 2 rings (SSSR count). The van der Waals surface area contributed by atoms with Crippen LogP contribution in [0.25, 0.3) is 0 Å². The van der Waals surface area contributed by atoms with Crippen LogP contribution in [0.15, 0.2) is 41.8 Å². The predicted molar refractivity (Wildman–Crippen MR) is 79.7 cm³/mol. The van der Waals surface area contributed by atoms with Gasteiger partial charge in [0, 0.05) is 11.6 Å². The van der Waals surface area contributed by atoms with Crippen molar-refractivity contribution in [3.63, 3.8) is 0 Å². The minimum absolute atomic E-state index is 0.0356. The summed E-state index contributed by atoms with van der Waals surface area (Å²) in [7, 11) is -3.62. The lowest BCUT2D eigenvalue weighted by molar-refractivity contribution is 0.564. The standard InChI is InChI=1S/C14H16N4O2S/c1-11(18-21(19,20)14-9-16-10-17-14)13-6-2-4-12(8-13)5-3-7-15/h2,4,6,8-11,18H,7,15H2,1H3,(H,16,17). The molecule has 110 valence electrons. The number of benzene rings is 1. The first kappa shape index (κ1) is 15.3. The summed E-state index contributed by atoms with van der Waals surface area (Å²) in [5.41, 5.74) is 6.96. The van der Waals surface area contributed by atoms with Gasteiger partial charge in [0.1, 0.15) is 0 Å². The first-order chi connectivity index (χ1) is 10.0. The van der Waals surface area contributed by atoms with Crippen LogP contribution >= 0.6 is 0 Å². The van der Waals surface area contributed by atoms with E-state index in [1.165, 1.54) is 12.5 Å². The van der Waals surface area contributed by atoms with E-state index in [9.17, 15) is 8.42 Å². The number of aromatic nitrogens is 2. The maximum Gasteiger partial charge on any atom is 0.258 e. The van der Waals surface area contributed by atoms with Crippen molar-refractivity contribution in [3.05, 3.63) is 47.9 Å². The first-order valence-corrected chi connectivity index (χ1v) is 7.81. The molecule has 21 heavy (non-hydrogen) atoms. The minimum atomic E-state index is -3.62. The smallest absolute Gasteiger partial charge is 0.258 e. The molecule has 0 bridgehead atoms. The molecular weight excluding hydrogens is 288 g/mol. The Hall–Kier alpha value is -2.14. The second-order valence-electron chi connectivity index (χ2n) is 4.39. The third kappa shape index (κ3) is 3.92. The average molecular weight is 304 g/mol. The lowest BCUT2D eigenvalue weighted by Gasteiger charge is -2.14. The fourth-order valence-corrected chi connectivity index (χ4v) is 2.93. The van der Waals surface area contributed by atoms with Gasteiger partial charge in [0.05, 0.1) is 19.1 Å². The Morgan fingerprint density at radius 1 is 1.48 bits per heavy atom. The van der Waals surface area contributed by atoms with E-state index in [0.29, 0.717) is 0 Å². The normalized spacial score (nSPS) is 12.5. The second-order valence-corrected chi connectivity index (χ2v) is 6.07. The number of imidazole rings is 1. The monoisotopic (exact) mass is 304 g/mol. The van der Waals surface area contributed by atoms with Crippen LogP contribution in [0.3, 0.4) is 0 Å². The summed E-state index contributed by atoms with van der Waals surface area (Å²) >= 11 is 0. The third-order valence-corrected chi connectivity index (χ3v) is 4.28. The van der Waals surface area contributed by atoms with Crippen molar-refractivity contribution < 1.29 is 8.42 Å². The molecule has 1 aromatic heterocycles. The zero-order valence-corrected chi connectivity index (χ0v) is 12.3. The van der Waals surface area contributed by atoms with E-state index >= 15 is 0 Å². The summed E-state index contributed by atoms with van der Waals surface area (Å²) in [5, 5.41) is 0.0356. The molecule has 1 aromatic carbocycles. The minimum Gasteiger partial charge on any atom is -0.335 e. The van der Waals surface area contributed by atoms with E-state index in [0.717, 1.165) is 11.1 Å². The Morgan fingerprint density at radius 2 is 2.29 bits per heavy atom. The van der Waals surface area contributed by atoms with Gasteiger partial charge < -0.3 is 10.7 Å². The summed E-state index contributed by atoms with van der Waals surface area (Å²) in [6.45, 7) is 2.05. The number of nitrogens with zero attached hydrogens (tertiary/aromatic N) is 1. The van der Waals surface area contributed by atoms with Gasteiger partial charge in [-0.25, -0.2) is 18.1 Å². The maximum atomic E-state index is 12.1. The number of rotatable bonds is 4. The molecule has 0 fully saturated rings. The van der Waals surface area contributed by atoms with E-state index in [4.69, 9.17) is 5.73 Å². The van der Waals surface area contributed by atoms with Crippen molar-refractivity contribution in [1.29, 1.82) is 0 Å². The number of nitrogens with one attached hydrogen (secondary N) is 2. The molecule has 0 spiro atoms. The predicted octanol–water partition coefficient (Wildman–Crippen LogP) is 0.759. The fraction of sp³-hybridized carbons (Fsp3) is 0.214. The van der Waals surface area contributed by atoms with Gasteiger partial charge in [0.2, 0.25) is 0 Å². The van der Waals surface area contributed by atoms with Crippen molar-refractivity contribution >= 4 is 10.0 Å². The van der Waals surface area contributed by atoms with Gasteiger partial charge in [-0.05, 0) is 24.6 Å². The largest absolute Gasteiger partial charge is 0.335 e. The van der Waals surface area contributed by atoms with Gasteiger partial charge >= 0.3 is 0 Å². The van der Waals surface area contributed by atoms with Crippen LogP contribution in [0, 0.1) is 11.8 Å². The van der Waals surface area contributed by atoms with Crippen LogP contribution in [0.1, 0.15) is 24.1 Å². The summed E-state index contributed by atoms with van der Waals surface area (Å²) in [6.07, 6.45) is 2.58. The van der Waals surface area contributed by atoms with Crippen molar-refractivity contribution in [3.8, 4) is 11.8 Å². The lowest BCUT2D eigenvalue weighted by Crippen LogP contribution is -2.27. The van der Waals surface area contributed by atoms with Gasteiger partial charge in [-0.1, -0.05) is 24.0 Å². The molecule has 0 saturated carbocycles. The number of nitrogens with two attached hydrogens (primary N) is 1. The zero-order valence-electron chi connectivity index (χ0n) is 11.5. The summed E-state index contributed by atoms with van der Waals surface area (Å²) in [4.78, 5) is 6.29. The van der Waals surface area contributed by atoms with Crippen LogP contribution in [0.2, 0.25) is 0 Å². The van der Waals surface area contributed by atoms with Crippen molar-refractivity contribution in [2.75, 3.05) is 6.54 Å². The number of sulfonamides is 1. The molecular formula is C14H16N4O2S. The molecule has 0 aliphatic rings. The van der Waals surface area contributed by atoms with E-state index in [-0.39, 0.29) is 11.6 Å². The van der Waals surface area contributed by atoms with Gasteiger partial charge in [-0.15, -0.1) is 0 Å². The van der Waals surface area contributed by atoms with E-state index < -0.39 is 16.1 Å². The van der Waals surface area contributed by atoms with Crippen LogP contribution in [0.5, 0.6) is 0 Å². The number of hydrogen-bond acceptors (Lipinski definition) is 4. The van der Waals surface area contributed by atoms with Crippen LogP contribution in [0.4, 0.5) is 0 Å². The SMILES string of the molecule is CC(NS(=O)(=O)c1cnc[nH]1)c1cccc(C#CCN)c1. The van der Waals surface area contributed by atoms with Gasteiger partial charge in [0.15, 0.2) is 5.03 Å². The molecule has 4 N–H and O–H groups in total. The zero-order chi connectivity index (χ0) is 15.3. The summed E-state index contributed by atoms with van der Waals surface area (Å²) in [5.74, 6) is 5.69. The molecule has 0 aliphatic heterocycles. The number of hydrogen-bond donors (Lipinski definition) is 3. The quantitative estimate of drug-likeness (QED) is 0.726. The Labute approximate surface area is 123 Å². The lowest BCUT2D eigenvalue weighted by atomic mass is 10.1. The van der Waals surface area contributed by atoms with Gasteiger partial charge in [-0.3, -0.25) is 0 Å². The Morgan fingerprint density at radius 3 is 2.95 bits per heavy atom. The number of aromatic amines is 1. The molecule has 2 aromatic rings. The maximum absolute atomic E-state index is 12.1. The first-order valence-electron chi connectivity index (χ1n) is 6.32. The highest BCUT2D eigenvalue weighted by molar-refractivity contribution is 7.89. The Bertz CT molecular complexity index is 758. The fourth-order valence-electron chi connectivity index (χ4n) is 1.79. The van der Waals surface area contributed by atoms with Gasteiger partial charge in [-0.2, -0.15) is 0 Å². The van der Waals surface area contributed by atoms with Crippen molar-refractivity contribution in [1.82, 2.24) is 14.7 Å². The summed E-state index contributed by atoms with van der Waals surface area (Å²) in [6, 6.07) is 6.97. The van der Waals surface area contributed by atoms with Crippen LogP contribution in [-0.2, 0) is 10.0 Å². The average Bonchev–Trinajstić information content (AvgIpc) is 3.00. The molecule has 0 amide bonds. The molecule has 1 heterocycles.